The molecule has 4 heteroatoms. The smallest absolute Gasteiger partial charge is 0.191 e. The molecule has 80 valence electrons. The largest absolute Gasteiger partial charge is 0.488 e. The highest BCUT2D eigenvalue weighted by Crippen LogP contribution is 2.13. The molecule has 0 saturated carbocycles. The van der Waals surface area contributed by atoms with E-state index in [2.05, 4.69) is 0 Å². The number of ether oxygens (including phenoxy) is 3. The molecule has 1 heterocycles. The topological polar surface area (TPSA) is 44.8 Å². The molecule has 0 spiro atoms. The summed E-state index contributed by atoms with van der Waals surface area (Å²) < 4.78 is 15.9. The molecule has 0 N–H and O–H groups in total. The summed E-state index contributed by atoms with van der Waals surface area (Å²) in [4.78, 5) is 10.4. The average molecular weight is 208 g/mol. The summed E-state index contributed by atoms with van der Waals surface area (Å²) in [6.07, 6.45) is 0.531. The van der Waals surface area contributed by atoms with Crippen molar-refractivity contribution < 1.29 is 19.0 Å². The molecule has 0 aromatic heterocycles. The van der Waals surface area contributed by atoms with Crippen LogP contribution in [0.3, 0.4) is 0 Å². The van der Waals surface area contributed by atoms with Gasteiger partial charge < -0.3 is 14.2 Å². The summed E-state index contributed by atoms with van der Waals surface area (Å²) in [5.41, 5.74) is 0.635. The normalized spacial score (nSPS) is 16.5. The first-order valence-corrected chi connectivity index (χ1v) is 4.80. The minimum atomic E-state index is -0.268. The fraction of sp³-hybridized carbons (Fsp3) is 0.364. The van der Waals surface area contributed by atoms with Crippen LogP contribution in [0.4, 0.5) is 0 Å². The third-order valence-electron chi connectivity index (χ3n) is 2.09. The molecule has 1 aromatic rings. The number of rotatable bonds is 4. The third-order valence-corrected chi connectivity index (χ3v) is 2.09. The highest BCUT2D eigenvalue weighted by molar-refractivity contribution is 5.74. The van der Waals surface area contributed by atoms with E-state index in [0.717, 1.165) is 6.29 Å². The van der Waals surface area contributed by atoms with Crippen LogP contribution in [0.25, 0.3) is 0 Å². The molecule has 0 radical (unpaired) electrons. The van der Waals surface area contributed by atoms with Gasteiger partial charge >= 0.3 is 0 Å². The molecule has 0 amide bonds. The van der Waals surface area contributed by atoms with Gasteiger partial charge in [0.25, 0.3) is 0 Å². The minimum absolute atomic E-state index is 0.268. The number of carbonyl (C=O) groups is 1. The van der Waals surface area contributed by atoms with Gasteiger partial charge in [0.15, 0.2) is 6.29 Å². The Morgan fingerprint density at radius 2 is 1.93 bits per heavy atom. The lowest BCUT2D eigenvalue weighted by molar-refractivity contribution is -0.0684. The highest BCUT2D eigenvalue weighted by Gasteiger charge is 2.16. The number of hydrogen-bond acceptors (Lipinski definition) is 4. The lowest BCUT2D eigenvalue weighted by atomic mass is 10.2. The molecule has 1 saturated heterocycles. The van der Waals surface area contributed by atoms with Crippen molar-refractivity contribution in [3.8, 4) is 5.75 Å². The second-order valence-electron chi connectivity index (χ2n) is 3.17. The summed E-state index contributed by atoms with van der Waals surface area (Å²) in [5, 5.41) is 0. The zero-order chi connectivity index (χ0) is 10.5. The van der Waals surface area contributed by atoms with Gasteiger partial charge in [-0.3, -0.25) is 4.79 Å². The van der Waals surface area contributed by atoms with E-state index in [0.29, 0.717) is 31.1 Å². The van der Waals surface area contributed by atoms with E-state index in [4.69, 9.17) is 14.2 Å². The Balaban J connectivity index is 1.84. The van der Waals surface area contributed by atoms with Crippen LogP contribution in [0.2, 0.25) is 0 Å². The molecule has 1 aromatic carbocycles. The standard InChI is InChI=1S/C11H12O4/c12-7-9-1-3-10(4-2-9)15-8-11-13-5-6-14-11/h1-4,7,11H,5-6,8H2. The van der Waals surface area contributed by atoms with Gasteiger partial charge in [-0.15, -0.1) is 0 Å². The summed E-state index contributed by atoms with van der Waals surface area (Å²) in [6.45, 7) is 1.62. The first-order chi connectivity index (χ1) is 7.38. The van der Waals surface area contributed by atoms with Gasteiger partial charge in [-0.05, 0) is 24.3 Å². The Kier molecular flexibility index (Phi) is 3.32. The molecule has 0 aliphatic carbocycles. The first kappa shape index (κ1) is 10.1. The number of aldehydes is 1. The van der Waals surface area contributed by atoms with E-state index in [1.165, 1.54) is 0 Å². The van der Waals surface area contributed by atoms with Gasteiger partial charge in [-0.25, -0.2) is 0 Å². The maximum absolute atomic E-state index is 10.4. The molecule has 0 unspecified atom stereocenters. The van der Waals surface area contributed by atoms with Crippen LogP contribution in [0.15, 0.2) is 24.3 Å². The zero-order valence-corrected chi connectivity index (χ0v) is 8.22. The van der Waals surface area contributed by atoms with Crippen molar-refractivity contribution in [1.29, 1.82) is 0 Å². The van der Waals surface area contributed by atoms with Crippen LogP contribution in [-0.2, 0) is 9.47 Å². The van der Waals surface area contributed by atoms with Crippen molar-refractivity contribution in [2.75, 3.05) is 19.8 Å². The van der Waals surface area contributed by atoms with Crippen LogP contribution in [0, 0.1) is 0 Å². The fourth-order valence-electron chi connectivity index (χ4n) is 1.31. The molecular weight excluding hydrogens is 196 g/mol. The summed E-state index contributed by atoms with van der Waals surface area (Å²) in [5.74, 6) is 0.708. The van der Waals surface area contributed by atoms with E-state index in [-0.39, 0.29) is 6.29 Å². The van der Waals surface area contributed by atoms with Crippen LogP contribution in [0.5, 0.6) is 5.75 Å². The summed E-state index contributed by atoms with van der Waals surface area (Å²) >= 11 is 0. The van der Waals surface area contributed by atoms with Gasteiger partial charge in [-0.1, -0.05) is 0 Å². The predicted octanol–water partition coefficient (Wildman–Crippen LogP) is 1.25. The monoisotopic (exact) mass is 208 g/mol. The molecule has 1 fully saturated rings. The molecule has 1 aliphatic heterocycles. The summed E-state index contributed by atoms with van der Waals surface area (Å²) in [6, 6.07) is 6.91. The Morgan fingerprint density at radius 1 is 1.27 bits per heavy atom. The second kappa shape index (κ2) is 4.91. The van der Waals surface area contributed by atoms with Crippen molar-refractivity contribution in [3.63, 3.8) is 0 Å². The number of carbonyl (C=O) groups excluding carboxylic acids is 1. The van der Waals surface area contributed by atoms with Crippen LogP contribution >= 0.6 is 0 Å². The molecule has 0 bridgehead atoms. The lowest BCUT2D eigenvalue weighted by Crippen LogP contribution is -2.18. The first-order valence-electron chi connectivity index (χ1n) is 4.80. The van der Waals surface area contributed by atoms with Crippen molar-refractivity contribution in [2.24, 2.45) is 0 Å². The highest BCUT2D eigenvalue weighted by atomic mass is 16.7. The molecule has 2 rings (SSSR count). The van der Waals surface area contributed by atoms with Crippen LogP contribution in [0.1, 0.15) is 10.4 Å². The van der Waals surface area contributed by atoms with E-state index in [1.54, 1.807) is 24.3 Å². The average Bonchev–Trinajstić information content (AvgIpc) is 2.80. The molecule has 4 nitrogen and oxygen atoms in total. The zero-order valence-electron chi connectivity index (χ0n) is 8.22. The van der Waals surface area contributed by atoms with E-state index < -0.39 is 0 Å². The van der Waals surface area contributed by atoms with Crippen molar-refractivity contribution >= 4 is 6.29 Å². The number of hydrogen-bond donors (Lipinski definition) is 0. The molecule has 15 heavy (non-hydrogen) atoms. The van der Waals surface area contributed by atoms with Gasteiger partial charge in [0.2, 0.25) is 0 Å². The summed E-state index contributed by atoms with van der Waals surface area (Å²) in [7, 11) is 0. The Labute approximate surface area is 87.8 Å². The van der Waals surface area contributed by atoms with Gasteiger partial charge in [0.1, 0.15) is 18.6 Å². The molecular formula is C11H12O4. The fourth-order valence-corrected chi connectivity index (χ4v) is 1.31. The Morgan fingerprint density at radius 3 is 2.53 bits per heavy atom. The van der Waals surface area contributed by atoms with E-state index >= 15 is 0 Å². The van der Waals surface area contributed by atoms with Crippen LogP contribution in [-0.4, -0.2) is 32.4 Å². The molecule has 0 atom stereocenters. The van der Waals surface area contributed by atoms with Crippen molar-refractivity contribution in [1.82, 2.24) is 0 Å². The van der Waals surface area contributed by atoms with Crippen molar-refractivity contribution in [3.05, 3.63) is 29.8 Å². The van der Waals surface area contributed by atoms with Gasteiger partial charge in [0, 0.05) is 5.56 Å². The SMILES string of the molecule is O=Cc1ccc(OCC2OCCO2)cc1. The lowest BCUT2D eigenvalue weighted by Gasteiger charge is -2.10. The Bertz CT molecular complexity index is 314. The van der Waals surface area contributed by atoms with Crippen molar-refractivity contribution in [2.45, 2.75) is 6.29 Å². The Hall–Kier alpha value is -1.39. The van der Waals surface area contributed by atoms with Crippen LogP contribution < -0.4 is 4.74 Å². The van der Waals surface area contributed by atoms with E-state index in [1.807, 2.05) is 0 Å². The maximum Gasteiger partial charge on any atom is 0.191 e. The van der Waals surface area contributed by atoms with E-state index in [9.17, 15) is 4.79 Å². The quantitative estimate of drug-likeness (QED) is 0.698. The van der Waals surface area contributed by atoms with Gasteiger partial charge in [0.05, 0.1) is 13.2 Å². The molecule has 1 aliphatic rings. The predicted molar refractivity (Wildman–Crippen MR) is 53.0 cm³/mol. The maximum atomic E-state index is 10.4. The second-order valence-corrected chi connectivity index (χ2v) is 3.17. The minimum Gasteiger partial charge on any atom is -0.488 e. The third kappa shape index (κ3) is 2.78. The number of benzene rings is 1. The van der Waals surface area contributed by atoms with Gasteiger partial charge in [-0.2, -0.15) is 0 Å².